The zero-order valence-electron chi connectivity index (χ0n) is 17.4. The van der Waals surface area contributed by atoms with Crippen molar-refractivity contribution in [3.8, 4) is 0 Å². The number of benzene rings is 1. The largest absolute Gasteiger partial charge is 0.339 e. The summed E-state index contributed by atoms with van der Waals surface area (Å²) in [6, 6.07) is 5.52. The quantitative estimate of drug-likeness (QED) is 0.668. The van der Waals surface area contributed by atoms with Gasteiger partial charge in [-0.1, -0.05) is 6.07 Å². The maximum Gasteiger partial charge on any atom is 0.243 e. The third-order valence-corrected chi connectivity index (χ3v) is 8.42. The number of hydrogen-bond donors (Lipinski definition) is 0. The van der Waals surface area contributed by atoms with E-state index < -0.39 is 15.8 Å². The fourth-order valence-corrected chi connectivity index (χ4v) is 6.26. The Kier molecular flexibility index (Phi) is 6.72. The number of sulfonamides is 1. The highest BCUT2D eigenvalue weighted by molar-refractivity contribution is 7.89. The van der Waals surface area contributed by atoms with Gasteiger partial charge in [0.25, 0.3) is 0 Å². The zero-order valence-corrected chi connectivity index (χ0v) is 18.2. The van der Waals surface area contributed by atoms with Gasteiger partial charge in [0.15, 0.2) is 0 Å². The lowest BCUT2D eigenvalue weighted by atomic mass is 10.2. The number of piperazine rings is 1. The van der Waals surface area contributed by atoms with Crippen LogP contribution in [0.2, 0.25) is 0 Å². The molecule has 3 saturated heterocycles. The van der Waals surface area contributed by atoms with E-state index in [1.54, 1.807) is 4.90 Å². The molecule has 0 radical (unpaired) electrons. The fraction of sp³-hybridized carbons (Fsp3) is 0.667. The molecule has 0 spiro atoms. The van der Waals surface area contributed by atoms with Gasteiger partial charge in [-0.05, 0) is 63.5 Å². The van der Waals surface area contributed by atoms with Crippen LogP contribution in [0.3, 0.4) is 0 Å². The van der Waals surface area contributed by atoms with Gasteiger partial charge in [0, 0.05) is 38.8 Å². The Morgan fingerprint density at radius 2 is 1.73 bits per heavy atom. The Hall–Kier alpha value is -1.55. The second-order valence-electron chi connectivity index (χ2n) is 8.52. The average molecular weight is 439 g/mol. The summed E-state index contributed by atoms with van der Waals surface area (Å²) in [5.41, 5.74) is 0. The van der Waals surface area contributed by atoms with Crippen LogP contribution in [-0.4, -0.2) is 98.3 Å². The third kappa shape index (κ3) is 4.85. The minimum atomic E-state index is -3.74. The number of nitrogens with zero attached hydrogens (tertiary/aromatic N) is 4. The summed E-state index contributed by atoms with van der Waals surface area (Å²) in [6.45, 7) is 5.97. The molecule has 9 heteroatoms. The molecule has 3 aliphatic heterocycles. The summed E-state index contributed by atoms with van der Waals surface area (Å²) in [7, 11) is -3.74. The molecular weight excluding hydrogens is 407 g/mol. The predicted molar refractivity (Wildman–Crippen MR) is 112 cm³/mol. The number of rotatable bonds is 6. The molecule has 0 N–H and O–H groups in total. The third-order valence-electron chi connectivity index (χ3n) is 6.53. The van der Waals surface area contributed by atoms with Crippen molar-refractivity contribution in [1.29, 1.82) is 0 Å². The van der Waals surface area contributed by atoms with E-state index in [-0.39, 0.29) is 23.9 Å². The number of likely N-dealkylation sites (tertiary alicyclic amines) is 2. The van der Waals surface area contributed by atoms with Crippen LogP contribution in [0.25, 0.3) is 0 Å². The van der Waals surface area contributed by atoms with E-state index in [2.05, 4.69) is 9.80 Å². The summed E-state index contributed by atoms with van der Waals surface area (Å²) in [4.78, 5) is 19.4. The summed E-state index contributed by atoms with van der Waals surface area (Å²) in [5, 5.41) is 0. The van der Waals surface area contributed by atoms with Gasteiger partial charge in [-0.15, -0.1) is 0 Å². The van der Waals surface area contributed by atoms with Crippen molar-refractivity contribution in [2.45, 2.75) is 36.6 Å². The number of carbonyl (C=O) groups is 1. The maximum absolute atomic E-state index is 13.4. The van der Waals surface area contributed by atoms with Crippen LogP contribution in [0.1, 0.15) is 25.7 Å². The van der Waals surface area contributed by atoms with Crippen LogP contribution in [0.15, 0.2) is 29.2 Å². The van der Waals surface area contributed by atoms with E-state index in [1.807, 2.05) is 0 Å². The molecule has 1 aromatic carbocycles. The van der Waals surface area contributed by atoms with Crippen LogP contribution in [-0.2, 0) is 14.8 Å². The standard InChI is InChI=1S/C21H31FN4O3S/c22-18-5-3-7-20(15-18)30(28,29)26-13-11-24(12-14-26)21(27)17-25-10-4-6-19(25)16-23-8-1-2-9-23/h3,5,7,15,19H,1-2,4,6,8-14,16-17H2. The Labute approximate surface area is 178 Å². The summed E-state index contributed by atoms with van der Waals surface area (Å²) in [5.74, 6) is -0.495. The van der Waals surface area contributed by atoms with Crippen molar-refractivity contribution in [1.82, 2.24) is 19.0 Å². The molecule has 1 aromatic rings. The van der Waals surface area contributed by atoms with Gasteiger partial charge in [-0.25, -0.2) is 12.8 Å². The Balaban J connectivity index is 1.30. The fourth-order valence-electron chi connectivity index (χ4n) is 4.80. The molecule has 3 fully saturated rings. The van der Waals surface area contributed by atoms with Crippen molar-refractivity contribution >= 4 is 15.9 Å². The summed E-state index contributed by atoms with van der Waals surface area (Å²) < 4.78 is 40.3. The van der Waals surface area contributed by atoms with Gasteiger partial charge in [0.05, 0.1) is 11.4 Å². The predicted octanol–water partition coefficient (Wildman–Crippen LogP) is 1.22. The average Bonchev–Trinajstić information content (AvgIpc) is 3.41. The van der Waals surface area contributed by atoms with Crippen molar-refractivity contribution in [3.05, 3.63) is 30.1 Å². The highest BCUT2D eigenvalue weighted by atomic mass is 32.2. The van der Waals surface area contributed by atoms with Crippen molar-refractivity contribution in [3.63, 3.8) is 0 Å². The van der Waals surface area contributed by atoms with Gasteiger partial charge < -0.3 is 9.80 Å². The SMILES string of the molecule is O=C(CN1CCCC1CN1CCCC1)N1CCN(S(=O)(=O)c2cccc(F)c2)CC1. The number of hydrogen-bond acceptors (Lipinski definition) is 5. The number of halogens is 1. The molecule has 166 valence electrons. The van der Waals surface area contributed by atoms with E-state index in [9.17, 15) is 17.6 Å². The van der Waals surface area contributed by atoms with Gasteiger partial charge in [0.1, 0.15) is 5.82 Å². The van der Waals surface area contributed by atoms with Crippen LogP contribution >= 0.6 is 0 Å². The Bertz CT molecular complexity index is 852. The van der Waals surface area contributed by atoms with E-state index in [1.165, 1.54) is 48.4 Å². The van der Waals surface area contributed by atoms with Gasteiger partial charge >= 0.3 is 0 Å². The first-order valence-corrected chi connectivity index (χ1v) is 12.4. The van der Waals surface area contributed by atoms with Gasteiger partial charge in [-0.3, -0.25) is 9.69 Å². The zero-order chi connectivity index (χ0) is 21.1. The maximum atomic E-state index is 13.4. The molecule has 0 aliphatic carbocycles. The smallest absolute Gasteiger partial charge is 0.243 e. The Morgan fingerprint density at radius 1 is 1.00 bits per heavy atom. The highest BCUT2D eigenvalue weighted by Crippen LogP contribution is 2.22. The summed E-state index contributed by atoms with van der Waals surface area (Å²) >= 11 is 0. The van der Waals surface area contributed by atoms with E-state index >= 15 is 0 Å². The van der Waals surface area contributed by atoms with E-state index in [0.29, 0.717) is 25.7 Å². The molecule has 0 bridgehead atoms. The van der Waals surface area contributed by atoms with Gasteiger partial charge in [-0.2, -0.15) is 4.31 Å². The van der Waals surface area contributed by atoms with Crippen LogP contribution < -0.4 is 0 Å². The minimum absolute atomic E-state index is 0.0379. The molecule has 1 unspecified atom stereocenters. The number of carbonyl (C=O) groups excluding carboxylic acids is 1. The molecule has 1 atom stereocenters. The number of amides is 1. The first-order chi connectivity index (χ1) is 14.4. The Morgan fingerprint density at radius 3 is 2.43 bits per heavy atom. The van der Waals surface area contributed by atoms with Gasteiger partial charge in [0.2, 0.25) is 15.9 Å². The van der Waals surface area contributed by atoms with E-state index in [4.69, 9.17) is 0 Å². The summed E-state index contributed by atoms with van der Waals surface area (Å²) in [6.07, 6.45) is 4.82. The lowest BCUT2D eigenvalue weighted by Gasteiger charge is -2.35. The highest BCUT2D eigenvalue weighted by Gasteiger charge is 2.33. The lowest BCUT2D eigenvalue weighted by molar-refractivity contribution is -0.133. The van der Waals surface area contributed by atoms with Crippen molar-refractivity contribution in [2.75, 3.05) is 58.9 Å². The molecule has 0 saturated carbocycles. The molecule has 7 nitrogen and oxygen atoms in total. The topological polar surface area (TPSA) is 64.2 Å². The first kappa shape index (κ1) is 21.7. The van der Waals surface area contributed by atoms with Crippen LogP contribution in [0.4, 0.5) is 4.39 Å². The molecule has 1 amide bonds. The lowest BCUT2D eigenvalue weighted by Crippen LogP contribution is -2.53. The van der Waals surface area contributed by atoms with Crippen LogP contribution in [0.5, 0.6) is 0 Å². The molecule has 0 aromatic heterocycles. The van der Waals surface area contributed by atoms with Crippen molar-refractivity contribution < 1.29 is 17.6 Å². The molecule has 3 heterocycles. The molecule has 4 rings (SSSR count). The van der Waals surface area contributed by atoms with E-state index in [0.717, 1.165) is 32.0 Å². The second-order valence-corrected chi connectivity index (χ2v) is 10.5. The molecule has 30 heavy (non-hydrogen) atoms. The molecule has 3 aliphatic rings. The first-order valence-electron chi connectivity index (χ1n) is 10.9. The second kappa shape index (κ2) is 9.30. The monoisotopic (exact) mass is 438 g/mol. The van der Waals surface area contributed by atoms with Crippen LogP contribution in [0, 0.1) is 5.82 Å². The normalized spacial score (nSPS) is 24.6. The minimum Gasteiger partial charge on any atom is -0.339 e. The van der Waals surface area contributed by atoms with Crippen molar-refractivity contribution in [2.24, 2.45) is 0 Å². The molecular formula is C21H31FN4O3S.